The van der Waals surface area contributed by atoms with Gasteiger partial charge in [0, 0.05) is 27.2 Å². The van der Waals surface area contributed by atoms with Gasteiger partial charge in [0.05, 0.1) is 11.5 Å². The van der Waals surface area contributed by atoms with E-state index in [4.69, 9.17) is 5.11 Å². The van der Waals surface area contributed by atoms with Crippen molar-refractivity contribution in [2.45, 2.75) is 0 Å². The largest absolute Gasteiger partial charge is 0.481 e. The number of rotatable bonds is 7. The summed E-state index contributed by atoms with van der Waals surface area (Å²) in [6.07, 6.45) is 0. The Hall–Kier alpha value is -1.44. The molecule has 0 unspecified atom stereocenters. The molecule has 0 spiro atoms. The van der Waals surface area contributed by atoms with Gasteiger partial charge < -0.3 is 20.6 Å². The second kappa shape index (κ2) is 8.68. The van der Waals surface area contributed by atoms with Crippen LogP contribution in [-0.2, 0) is 9.59 Å². The number of carboxylic acids is 1. The molecule has 0 heterocycles. The summed E-state index contributed by atoms with van der Waals surface area (Å²) in [7, 11) is 3.24. The predicted octanol–water partition coefficient (Wildman–Crippen LogP) is -0.808. The topological polar surface area (TPSA) is 98.7 Å². The molecule has 17 heavy (non-hydrogen) atoms. The molecular weight excluding hydrogens is 246 g/mol. The molecule has 0 atom stereocenters. The zero-order chi connectivity index (χ0) is 13.3. The Morgan fingerprint density at radius 1 is 1.12 bits per heavy atom. The second-order valence-electron chi connectivity index (χ2n) is 3.36. The van der Waals surface area contributed by atoms with Crippen molar-refractivity contribution < 1.29 is 19.5 Å². The minimum absolute atomic E-state index is 0.0925. The van der Waals surface area contributed by atoms with Crippen molar-refractivity contribution in [3.63, 3.8) is 0 Å². The average molecular weight is 263 g/mol. The van der Waals surface area contributed by atoms with Crippen molar-refractivity contribution in [1.29, 1.82) is 0 Å². The van der Waals surface area contributed by atoms with Crippen molar-refractivity contribution in [3.05, 3.63) is 0 Å². The van der Waals surface area contributed by atoms with Crippen LogP contribution < -0.4 is 10.6 Å². The van der Waals surface area contributed by atoms with E-state index in [1.807, 2.05) is 0 Å². The quantitative estimate of drug-likeness (QED) is 0.522. The van der Waals surface area contributed by atoms with E-state index in [1.165, 1.54) is 4.90 Å². The number of hydrogen-bond donors (Lipinski definition) is 3. The molecule has 3 N–H and O–H groups in total. The molecule has 0 aliphatic rings. The van der Waals surface area contributed by atoms with E-state index in [-0.39, 0.29) is 23.4 Å². The van der Waals surface area contributed by atoms with Crippen LogP contribution in [0.5, 0.6) is 0 Å². The van der Waals surface area contributed by atoms with Crippen LogP contribution in [0.4, 0.5) is 4.79 Å². The Labute approximate surface area is 104 Å². The first-order valence-corrected chi connectivity index (χ1v) is 6.10. The SMILES string of the molecule is CN(C)C(=O)NCCNC(=O)CSCC(=O)O. The van der Waals surface area contributed by atoms with Gasteiger partial charge in [-0.25, -0.2) is 4.79 Å². The van der Waals surface area contributed by atoms with Gasteiger partial charge in [0.2, 0.25) is 5.91 Å². The zero-order valence-electron chi connectivity index (χ0n) is 9.86. The van der Waals surface area contributed by atoms with E-state index < -0.39 is 5.97 Å². The van der Waals surface area contributed by atoms with Gasteiger partial charge in [0.25, 0.3) is 0 Å². The first-order valence-electron chi connectivity index (χ1n) is 4.95. The fourth-order valence-electron chi connectivity index (χ4n) is 0.812. The Morgan fingerprint density at radius 3 is 2.24 bits per heavy atom. The third-order valence-electron chi connectivity index (χ3n) is 1.59. The molecule has 8 heteroatoms. The third kappa shape index (κ3) is 9.49. The number of carboxylic acid groups (broad SMARTS) is 1. The summed E-state index contributed by atoms with van der Waals surface area (Å²) >= 11 is 1.03. The molecule has 3 amide bonds. The maximum Gasteiger partial charge on any atom is 0.316 e. The van der Waals surface area contributed by atoms with E-state index in [2.05, 4.69) is 10.6 Å². The monoisotopic (exact) mass is 263 g/mol. The lowest BCUT2D eigenvalue weighted by Crippen LogP contribution is -2.40. The fourth-order valence-corrected chi connectivity index (χ4v) is 1.38. The van der Waals surface area contributed by atoms with E-state index in [0.29, 0.717) is 13.1 Å². The predicted molar refractivity (Wildman–Crippen MR) is 65.1 cm³/mol. The molecule has 0 saturated heterocycles. The highest BCUT2D eigenvalue weighted by Crippen LogP contribution is 1.97. The zero-order valence-corrected chi connectivity index (χ0v) is 10.7. The Morgan fingerprint density at radius 2 is 1.71 bits per heavy atom. The molecule has 7 nitrogen and oxygen atoms in total. The Balaban J connectivity index is 3.45. The summed E-state index contributed by atoms with van der Waals surface area (Å²) in [5.74, 6) is -1.17. The first kappa shape index (κ1) is 15.6. The van der Waals surface area contributed by atoms with Crippen LogP contribution in [0.3, 0.4) is 0 Å². The molecule has 0 aliphatic carbocycles. The minimum Gasteiger partial charge on any atom is -0.481 e. The summed E-state index contributed by atoms with van der Waals surface area (Å²) in [5.41, 5.74) is 0. The van der Waals surface area contributed by atoms with Gasteiger partial charge in [-0.15, -0.1) is 11.8 Å². The Bertz CT molecular complexity index is 283. The maximum absolute atomic E-state index is 11.2. The molecule has 0 rings (SSSR count). The highest BCUT2D eigenvalue weighted by Gasteiger charge is 2.04. The van der Waals surface area contributed by atoms with Crippen molar-refractivity contribution >= 4 is 29.7 Å². The summed E-state index contributed by atoms with van der Waals surface area (Å²) in [6.45, 7) is 0.665. The molecule has 0 aliphatic heterocycles. The molecule has 0 bridgehead atoms. The van der Waals surface area contributed by atoms with Gasteiger partial charge >= 0.3 is 12.0 Å². The lowest BCUT2D eigenvalue weighted by Gasteiger charge is -2.12. The van der Waals surface area contributed by atoms with Crippen molar-refractivity contribution in [1.82, 2.24) is 15.5 Å². The molecule has 0 aromatic rings. The molecule has 0 aromatic carbocycles. The molecule has 0 radical (unpaired) electrons. The van der Waals surface area contributed by atoms with Crippen LogP contribution in [0.1, 0.15) is 0 Å². The van der Waals surface area contributed by atoms with Gasteiger partial charge in [-0.1, -0.05) is 0 Å². The number of nitrogens with zero attached hydrogens (tertiary/aromatic N) is 1. The maximum atomic E-state index is 11.2. The van der Waals surface area contributed by atoms with Crippen molar-refractivity contribution in [2.75, 3.05) is 38.7 Å². The lowest BCUT2D eigenvalue weighted by atomic mass is 10.5. The van der Waals surface area contributed by atoms with E-state index >= 15 is 0 Å². The number of amides is 3. The number of carbonyl (C=O) groups is 3. The fraction of sp³-hybridized carbons (Fsp3) is 0.667. The smallest absolute Gasteiger partial charge is 0.316 e. The van der Waals surface area contributed by atoms with Crippen LogP contribution in [0, 0.1) is 0 Å². The number of aliphatic carboxylic acids is 1. The van der Waals surface area contributed by atoms with Crippen molar-refractivity contribution in [3.8, 4) is 0 Å². The van der Waals surface area contributed by atoms with Crippen LogP contribution in [0.2, 0.25) is 0 Å². The Kier molecular flexibility index (Phi) is 7.95. The van der Waals surface area contributed by atoms with E-state index in [1.54, 1.807) is 14.1 Å². The number of thioether (sulfide) groups is 1. The highest BCUT2D eigenvalue weighted by molar-refractivity contribution is 8.00. The molecule has 0 fully saturated rings. The van der Waals surface area contributed by atoms with Gasteiger partial charge in [-0.05, 0) is 0 Å². The summed E-state index contributed by atoms with van der Waals surface area (Å²) < 4.78 is 0. The van der Waals surface area contributed by atoms with Crippen LogP contribution in [0.25, 0.3) is 0 Å². The molecule has 0 aromatic heterocycles. The number of urea groups is 1. The summed E-state index contributed by atoms with van der Waals surface area (Å²) in [6, 6.07) is -0.223. The first-order chi connectivity index (χ1) is 7.93. The second-order valence-corrected chi connectivity index (χ2v) is 4.35. The number of hydrogen-bond acceptors (Lipinski definition) is 4. The van der Waals surface area contributed by atoms with Gasteiger partial charge in [0.1, 0.15) is 0 Å². The summed E-state index contributed by atoms with van der Waals surface area (Å²) in [5, 5.41) is 13.5. The average Bonchev–Trinajstić information content (AvgIpc) is 2.23. The van der Waals surface area contributed by atoms with Crippen LogP contribution in [-0.4, -0.2) is 66.6 Å². The van der Waals surface area contributed by atoms with E-state index in [9.17, 15) is 14.4 Å². The standard InChI is InChI=1S/C9H17N3O4S/c1-12(2)9(16)11-4-3-10-7(13)5-17-6-8(14)15/h3-6H2,1-2H3,(H,10,13)(H,11,16)(H,14,15). The van der Waals surface area contributed by atoms with Crippen LogP contribution in [0.15, 0.2) is 0 Å². The molecule has 98 valence electrons. The molecular formula is C9H17N3O4S. The van der Waals surface area contributed by atoms with Gasteiger partial charge in [-0.3, -0.25) is 9.59 Å². The van der Waals surface area contributed by atoms with E-state index in [0.717, 1.165) is 11.8 Å². The number of carbonyl (C=O) groups excluding carboxylic acids is 2. The number of nitrogens with one attached hydrogen (secondary N) is 2. The third-order valence-corrected chi connectivity index (χ3v) is 2.51. The van der Waals surface area contributed by atoms with Gasteiger partial charge in [0.15, 0.2) is 0 Å². The molecule has 0 saturated carbocycles. The summed E-state index contributed by atoms with van der Waals surface area (Å²) in [4.78, 5) is 33.8. The minimum atomic E-state index is -0.943. The highest BCUT2D eigenvalue weighted by atomic mass is 32.2. The van der Waals surface area contributed by atoms with Crippen LogP contribution >= 0.6 is 11.8 Å². The van der Waals surface area contributed by atoms with Gasteiger partial charge in [-0.2, -0.15) is 0 Å². The normalized spacial score (nSPS) is 9.53. The lowest BCUT2D eigenvalue weighted by molar-refractivity contribution is -0.133. The van der Waals surface area contributed by atoms with Crippen molar-refractivity contribution in [2.24, 2.45) is 0 Å².